The summed E-state index contributed by atoms with van der Waals surface area (Å²) in [5.74, 6) is 0.491. The highest BCUT2D eigenvalue weighted by Crippen LogP contribution is 2.18. The zero-order chi connectivity index (χ0) is 18.6. The zero-order valence-electron chi connectivity index (χ0n) is 14.8. The standard InChI is InChI=1S/C17H23N3O4S/c1-19(2)15(16-6-5-11-24-16)12-18-17(21)13-7-9-14(10-8-13)25(22,23)20(3)4/h5-11,15H,12H2,1-4H3,(H,18,21). The van der Waals surface area contributed by atoms with Crippen molar-refractivity contribution in [2.24, 2.45) is 0 Å². The van der Waals surface area contributed by atoms with E-state index in [0.717, 1.165) is 10.1 Å². The van der Waals surface area contributed by atoms with Gasteiger partial charge in [0.25, 0.3) is 5.91 Å². The van der Waals surface area contributed by atoms with Crippen molar-refractivity contribution in [2.45, 2.75) is 10.9 Å². The quantitative estimate of drug-likeness (QED) is 0.805. The minimum absolute atomic E-state index is 0.0904. The Balaban J connectivity index is 2.06. The number of hydrogen-bond acceptors (Lipinski definition) is 5. The lowest BCUT2D eigenvalue weighted by molar-refractivity contribution is 0.0939. The van der Waals surface area contributed by atoms with Crippen molar-refractivity contribution in [3.63, 3.8) is 0 Å². The van der Waals surface area contributed by atoms with Crippen molar-refractivity contribution in [1.82, 2.24) is 14.5 Å². The predicted octanol–water partition coefficient (Wildman–Crippen LogP) is 1.56. The maximum Gasteiger partial charge on any atom is 0.251 e. The lowest BCUT2D eigenvalue weighted by Gasteiger charge is -2.22. The Bertz CT molecular complexity index is 797. The van der Waals surface area contributed by atoms with E-state index in [1.165, 1.54) is 38.4 Å². The number of furan rings is 1. The third-order valence-corrected chi connectivity index (χ3v) is 5.68. The van der Waals surface area contributed by atoms with Crippen LogP contribution in [0.25, 0.3) is 0 Å². The first-order chi connectivity index (χ1) is 11.7. The van der Waals surface area contributed by atoms with Crippen LogP contribution in [0, 0.1) is 0 Å². The smallest absolute Gasteiger partial charge is 0.251 e. The van der Waals surface area contributed by atoms with Gasteiger partial charge in [0.15, 0.2) is 0 Å². The molecule has 0 aliphatic rings. The van der Waals surface area contributed by atoms with Gasteiger partial charge in [0.2, 0.25) is 10.0 Å². The number of rotatable bonds is 7. The molecule has 0 saturated heterocycles. The lowest BCUT2D eigenvalue weighted by atomic mass is 10.2. The highest BCUT2D eigenvalue weighted by molar-refractivity contribution is 7.89. The molecular weight excluding hydrogens is 342 g/mol. The number of nitrogens with zero attached hydrogens (tertiary/aromatic N) is 2. The maximum absolute atomic E-state index is 12.3. The van der Waals surface area contributed by atoms with Gasteiger partial charge >= 0.3 is 0 Å². The van der Waals surface area contributed by atoms with Crippen molar-refractivity contribution < 1.29 is 17.6 Å². The Labute approximate surface area is 148 Å². The molecular formula is C17H23N3O4S. The highest BCUT2D eigenvalue weighted by Gasteiger charge is 2.20. The van der Waals surface area contributed by atoms with Gasteiger partial charge in [-0.2, -0.15) is 0 Å². The fraction of sp³-hybridized carbons (Fsp3) is 0.353. The van der Waals surface area contributed by atoms with Crippen molar-refractivity contribution in [2.75, 3.05) is 34.7 Å². The molecule has 2 aromatic rings. The molecule has 7 nitrogen and oxygen atoms in total. The van der Waals surface area contributed by atoms with Gasteiger partial charge in [-0.25, -0.2) is 12.7 Å². The van der Waals surface area contributed by atoms with Crippen molar-refractivity contribution >= 4 is 15.9 Å². The second-order valence-electron chi connectivity index (χ2n) is 6.02. The summed E-state index contributed by atoms with van der Waals surface area (Å²) in [6, 6.07) is 9.44. The normalized spacial score (nSPS) is 13.2. The van der Waals surface area contributed by atoms with Crippen LogP contribution in [0.3, 0.4) is 0 Å². The van der Waals surface area contributed by atoms with Gasteiger partial charge in [0.1, 0.15) is 5.76 Å². The summed E-state index contributed by atoms with van der Waals surface area (Å²) in [5, 5.41) is 2.85. The Morgan fingerprint density at radius 3 is 2.24 bits per heavy atom. The SMILES string of the molecule is CN(C)C(CNC(=O)c1ccc(S(=O)(=O)N(C)C)cc1)c1ccco1. The van der Waals surface area contributed by atoms with Crippen LogP contribution >= 0.6 is 0 Å². The summed E-state index contributed by atoms with van der Waals surface area (Å²) in [5.41, 5.74) is 0.398. The number of amides is 1. The van der Waals surface area contributed by atoms with Gasteiger partial charge in [-0.3, -0.25) is 9.69 Å². The number of nitrogens with one attached hydrogen (secondary N) is 1. The summed E-state index contributed by atoms with van der Waals surface area (Å²) in [6.45, 7) is 0.372. The van der Waals surface area contributed by atoms with Crippen LogP contribution in [-0.2, 0) is 10.0 Å². The van der Waals surface area contributed by atoms with Crippen molar-refractivity contribution in [3.8, 4) is 0 Å². The Morgan fingerprint density at radius 1 is 1.12 bits per heavy atom. The Morgan fingerprint density at radius 2 is 1.76 bits per heavy atom. The van der Waals surface area contributed by atoms with Crippen LogP contribution in [0.1, 0.15) is 22.2 Å². The van der Waals surface area contributed by atoms with Crippen LogP contribution in [0.2, 0.25) is 0 Å². The fourth-order valence-corrected chi connectivity index (χ4v) is 3.20. The van der Waals surface area contributed by atoms with E-state index < -0.39 is 10.0 Å². The first-order valence-electron chi connectivity index (χ1n) is 7.74. The molecule has 0 bridgehead atoms. The molecule has 1 N–H and O–H groups in total. The van der Waals surface area contributed by atoms with Crippen LogP contribution < -0.4 is 5.32 Å². The molecule has 0 aliphatic heterocycles. The molecule has 1 heterocycles. The molecule has 1 aromatic heterocycles. The second-order valence-corrected chi connectivity index (χ2v) is 8.17. The largest absolute Gasteiger partial charge is 0.468 e. The first-order valence-corrected chi connectivity index (χ1v) is 9.18. The molecule has 8 heteroatoms. The number of hydrogen-bond donors (Lipinski definition) is 1. The molecule has 2 rings (SSSR count). The van der Waals surface area contributed by atoms with Crippen LogP contribution in [0.5, 0.6) is 0 Å². The second kappa shape index (κ2) is 7.81. The van der Waals surface area contributed by atoms with E-state index in [-0.39, 0.29) is 16.8 Å². The predicted molar refractivity (Wildman–Crippen MR) is 94.8 cm³/mol. The monoisotopic (exact) mass is 365 g/mol. The number of sulfonamides is 1. The van der Waals surface area contributed by atoms with E-state index in [1.807, 2.05) is 25.1 Å². The molecule has 1 aromatic carbocycles. The number of benzene rings is 1. The first kappa shape index (κ1) is 19.2. The minimum atomic E-state index is -3.50. The van der Waals surface area contributed by atoms with Crippen LogP contribution in [0.4, 0.5) is 0 Å². The molecule has 1 unspecified atom stereocenters. The average Bonchev–Trinajstić information content (AvgIpc) is 3.08. The topological polar surface area (TPSA) is 82.9 Å². The zero-order valence-corrected chi connectivity index (χ0v) is 15.6. The van der Waals surface area contributed by atoms with Crippen LogP contribution in [-0.4, -0.2) is 58.3 Å². The van der Waals surface area contributed by atoms with E-state index in [1.54, 1.807) is 12.3 Å². The van der Waals surface area contributed by atoms with Gasteiger partial charge in [-0.1, -0.05) is 0 Å². The van der Waals surface area contributed by atoms with Gasteiger partial charge < -0.3 is 9.73 Å². The summed E-state index contributed by atoms with van der Waals surface area (Å²) in [6.07, 6.45) is 1.59. The number of likely N-dealkylation sites (N-methyl/N-ethyl adjacent to an activating group) is 1. The average molecular weight is 365 g/mol. The van der Waals surface area contributed by atoms with Gasteiger partial charge in [-0.05, 0) is 50.5 Å². The molecule has 0 aliphatic carbocycles. The minimum Gasteiger partial charge on any atom is -0.468 e. The Kier molecular flexibility index (Phi) is 5.99. The van der Waals surface area contributed by atoms with Gasteiger partial charge in [0.05, 0.1) is 17.2 Å². The molecule has 136 valence electrons. The molecule has 25 heavy (non-hydrogen) atoms. The number of carbonyl (C=O) groups excluding carboxylic acids is 1. The summed E-state index contributed by atoms with van der Waals surface area (Å²) < 4.78 is 30.6. The third-order valence-electron chi connectivity index (χ3n) is 3.85. The third kappa shape index (κ3) is 4.47. The van der Waals surface area contributed by atoms with Gasteiger partial charge in [0, 0.05) is 26.2 Å². The van der Waals surface area contributed by atoms with Gasteiger partial charge in [-0.15, -0.1) is 0 Å². The molecule has 1 atom stereocenters. The molecule has 1 amide bonds. The summed E-state index contributed by atoms with van der Waals surface area (Å²) >= 11 is 0. The Hall–Kier alpha value is -2.16. The van der Waals surface area contributed by atoms with Crippen molar-refractivity contribution in [3.05, 3.63) is 54.0 Å². The van der Waals surface area contributed by atoms with E-state index in [2.05, 4.69) is 5.32 Å². The van der Waals surface area contributed by atoms with E-state index in [0.29, 0.717) is 12.1 Å². The van der Waals surface area contributed by atoms with E-state index in [4.69, 9.17) is 4.42 Å². The molecule has 0 spiro atoms. The van der Waals surface area contributed by atoms with Crippen molar-refractivity contribution in [1.29, 1.82) is 0 Å². The molecule has 0 saturated carbocycles. The fourth-order valence-electron chi connectivity index (χ4n) is 2.30. The lowest BCUT2D eigenvalue weighted by Crippen LogP contribution is -2.34. The van der Waals surface area contributed by atoms with E-state index >= 15 is 0 Å². The number of carbonyl (C=O) groups is 1. The maximum atomic E-state index is 12.3. The summed E-state index contributed by atoms with van der Waals surface area (Å²) in [4.78, 5) is 14.4. The van der Waals surface area contributed by atoms with Crippen LogP contribution in [0.15, 0.2) is 52.0 Å². The molecule has 0 radical (unpaired) electrons. The highest BCUT2D eigenvalue weighted by atomic mass is 32.2. The van der Waals surface area contributed by atoms with E-state index in [9.17, 15) is 13.2 Å². The summed E-state index contributed by atoms with van der Waals surface area (Å²) in [7, 11) is 3.23. The molecule has 0 fully saturated rings.